The van der Waals surface area contributed by atoms with Crippen LogP contribution in [-0.4, -0.2) is 28.3 Å². The van der Waals surface area contributed by atoms with E-state index in [9.17, 15) is 4.79 Å². The molecule has 0 aliphatic rings. The van der Waals surface area contributed by atoms with Crippen molar-refractivity contribution in [1.29, 1.82) is 0 Å². The number of rotatable bonds is 6. The quantitative estimate of drug-likeness (QED) is 0.461. The lowest BCUT2D eigenvalue weighted by atomic mass is 10.1. The Balaban J connectivity index is 1.71. The smallest absolute Gasteiger partial charge is 0.291 e. The topological polar surface area (TPSA) is 65.7 Å². The van der Waals surface area contributed by atoms with E-state index in [4.69, 9.17) is 9.47 Å². The van der Waals surface area contributed by atoms with Gasteiger partial charge in [0.2, 0.25) is 4.96 Å². The van der Waals surface area contributed by atoms with Crippen LogP contribution < -0.4 is 19.6 Å². The average molecular weight is 405 g/mol. The van der Waals surface area contributed by atoms with Gasteiger partial charge in [0, 0.05) is 5.56 Å². The monoisotopic (exact) mass is 405 g/mol. The van der Waals surface area contributed by atoms with Gasteiger partial charge in [-0.3, -0.25) is 4.79 Å². The highest BCUT2D eigenvalue weighted by molar-refractivity contribution is 7.15. The Labute approximate surface area is 171 Å². The van der Waals surface area contributed by atoms with Crippen LogP contribution in [0.1, 0.15) is 11.1 Å². The Morgan fingerprint density at radius 3 is 2.66 bits per heavy atom. The molecule has 0 atom stereocenters. The maximum atomic E-state index is 12.8. The van der Waals surface area contributed by atoms with E-state index in [-0.39, 0.29) is 5.56 Å². The van der Waals surface area contributed by atoms with Crippen LogP contribution in [0.4, 0.5) is 0 Å². The van der Waals surface area contributed by atoms with Crippen LogP contribution in [0.25, 0.3) is 22.4 Å². The molecule has 0 saturated carbocycles. The molecule has 2 heterocycles. The summed E-state index contributed by atoms with van der Waals surface area (Å²) < 4.78 is 12.9. The first-order chi connectivity index (χ1) is 14.1. The number of thiazole rings is 1. The second-order valence-corrected chi connectivity index (χ2v) is 7.43. The van der Waals surface area contributed by atoms with Gasteiger partial charge in [-0.05, 0) is 30.7 Å². The van der Waals surface area contributed by atoms with Crippen molar-refractivity contribution in [3.8, 4) is 22.9 Å². The number of hydrogen-bond donors (Lipinski definition) is 0. The number of aryl methyl sites for hydroxylation is 1. The summed E-state index contributed by atoms with van der Waals surface area (Å²) in [6, 6.07) is 13.4. The zero-order chi connectivity index (χ0) is 20.4. The number of methoxy groups -OCH3 is 1. The number of hydrogen-bond acceptors (Lipinski definition) is 6. The third kappa shape index (κ3) is 3.77. The second kappa shape index (κ2) is 7.89. The van der Waals surface area contributed by atoms with E-state index >= 15 is 0 Å². The lowest BCUT2D eigenvalue weighted by Gasteiger charge is -2.09. The highest BCUT2D eigenvalue weighted by atomic mass is 32.1. The first-order valence-corrected chi connectivity index (χ1v) is 9.81. The summed E-state index contributed by atoms with van der Waals surface area (Å²) in [7, 11) is 1.58. The molecule has 6 nitrogen and oxygen atoms in total. The van der Waals surface area contributed by atoms with E-state index in [0.29, 0.717) is 33.4 Å². The van der Waals surface area contributed by atoms with Crippen molar-refractivity contribution in [1.82, 2.24) is 14.6 Å². The summed E-state index contributed by atoms with van der Waals surface area (Å²) in [5, 5.41) is 4.39. The molecular weight excluding hydrogens is 386 g/mol. The molecule has 0 bridgehead atoms. The minimum absolute atomic E-state index is 0.193. The minimum Gasteiger partial charge on any atom is -0.493 e. The van der Waals surface area contributed by atoms with Crippen LogP contribution in [0.2, 0.25) is 0 Å². The lowest BCUT2D eigenvalue weighted by Crippen LogP contribution is -2.23. The fraction of sp³-hybridized carbons (Fsp3) is 0.136. The van der Waals surface area contributed by atoms with E-state index in [2.05, 4.69) is 16.7 Å². The van der Waals surface area contributed by atoms with Crippen LogP contribution in [0.15, 0.2) is 59.9 Å². The first kappa shape index (κ1) is 18.9. The lowest BCUT2D eigenvalue weighted by molar-refractivity contribution is 0.326. The van der Waals surface area contributed by atoms with Gasteiger partial charge in [0.05, 0.1) is 11.6 Å². The molecule has 4 rings (SSSR count). The molecule has 2 aromatic carbocycles. The number of benzene rings is 2. The second-order valence-electron chi connectivity index (χ2n) is 6.42. The summed E-state index contributed by atoms with van der Waals surface area (Å²) in [4.78, 5) is 17.8. The van der Waals surface area contributed by atoms with Gasteiger partial charge in [0.1, 0.15) is 6.61 Å². The normalized spacial score (nSPS) is 11.7. The van der Waals surface area contributed by atoms with Crippen molar-refractivity contribution in [3.05, 3.63) is 81.1 Å². The summed E-state index contributed by atoms with van der Waals surface area (Å²) in [6.07, 6.45) is 3.47. The molecule has 29 heavy (non-hydrogen) atoms. The van der Waals surface area contributed by atoms with Crippen molar-refractivity contribution in [2.45, 2.75) is 6.92 Å². The summed E-state index contributed by atoms with van der Waals surface area (Å²) >= 11 is 1.30. The van der Waals surface area contributed by atoms with Crippen LogP contribution >= 0.6 is 11.3 Å². The van der Waals surface area contributed by atoms with E-state index in [1.54, 1.807) is 19.3 Å². The first-order valence-electron chi connectivity index (χ1n) is 8.99. The van der Waals surface area contributed by atoms with Gasteiger partial charge in [0.15, 0.2) is 17.3 Å². The Hall–Kier alpha value is -3.45. The van der Waals surface area contributed by atoms with Gasteiger partial charge in [0.25, 0.3) is 5.56 Å². The fourth-order valence-electron chi connectivity index (χ4n) is 2.85. The van der Waals surface area contributed by atoms with E-state index in [0.717, 1.165) is 16.7 Å². The van der Waals surface area contributed by atoms with Crippen LogP contribution in [0.3, 0.4) is 0 Å². The van der Waals surface area contributed by atoms with Crippen LogP contribution in [0.5, 0.6) is 11.5 Å². The predicted molar refractivity (Wildman–Crippen MR) is 115 cm³/mol. The largest absolute Gasteiger partial charge is 0.493 e. The summed E-state index contributed by atoms with van der Waals surface area (Å²) in [5.41, 5.74) is 2.68. The standard InChI is InChI=1S/C22H19N3O3S/c1-4-11-28-17-10-7-15(12-18(17)27-3)13-19-21(26)25-22(29-19)23-20(24-25)16-8-5-14(2)6-9-16/h4-10,12-13H,1,11H2,2-3H3. The SMILES string of the molecule is C=CCOc1ccc(C=c2sc3nc(-c4ccc(C)cc4)nn3c2=O)cc1OC. The zero-order valence-electron chi connectivity index (χ0n) is 16.1. The Kier molecular flexibility index (Phi) is 5.14. The third-order valence-corrected chi connectivity index (χ3v) is 5.29. The van der Waals surface area contributed by atoms with E-state index in [1.807, 2.05) is 49.4 Å². The summed E-state index contributed by atoms with van der Waals surface area (Å²) in [6.45, 7) is 6.05. The maximum Gasteiger partial charge on any atom is 0.291 e. The molecule has 7 heteroatoms. The predicted octanol–water partition coefficient (Wildman–Crippen LogP) is 3.25. The molecule has 0 amide bonds. The number of ether oxygens (including phenoxy) is 2. The van der Waals surface area contributed by atoms with Crippen LogP contribution in [0, 0.1) is 6.92 Å². The third-order valence-electron chi connectivity index (χ3n) is 4.33. The summed E-state index contributed by atoms with van der Waals surface area (Å²) in [5.74, 6) is 1.76. The highest BCUT2D eigenvalue weighted by Gasteiger charge is 2.12. The molecular formula is C22H19N3O3S. The highest BCUT2D eigenvalue weighted by Crippen LogP contribution is 2.28. The maximum absolute atomic E-state index is 12.8. The van der Waals surface area contributed by atoms with Crippen molar-refractivity contribution >= 4 is 22.4 Å². The Morgan fingerprint density at radius 2 is 1.97 bits per heavy atom. The molecule has 146 valence electrons. The van der Waals surface area contributed by atoms with Gasteiger partial charge >= 0.3 is 0 Å². The molecule has 0 aliphatic heterocycles. The molecule has 0 N–H and O–H groups in total. The molecule has 0 spiro atoms. The molecule has 0 radical (unpaired) electrons. The van der Waals surface area contributed by atoms with Crippen LogP contribution in [-0.2, 0) is 0 Å². The zero-order valence-corrected chi connectivity index (χ0v) is 16.9. The van der Waals surface area contributed by atoms with Gasteiger partial charge < -0.3 is 9.47 Å². The fourth-order valence-corrected chi connectivity index (χ4v) is 3.76. The average Bonchev–Trinajstić information content (AvgIpc) is 3.27. The molecule has 0 fully saturated rings. The van der Waals surface area contributed by atoms with Gasteiger partial charge in [-0.15, -0.1) is 5.10 Å². The molecule has 0 saturated heterocycles. The Bertz CT molecular complexity index is 1290. The van der Waals surface area contributed by atoms with E-state index in [1.165, 1.54) is 15.9 Å². The van der Waals surface area contributed by atoms with E-state index < -0.39 is 0 Å². The molecule has 0 aliphatic carbocycles. The van der Waals surface area contributed by atoms with Gasteiger partial charge in [-0.2, -0.15) is 9.50 Å². The molecule has 4 aromatic rings. The minimum atomic E-state index is -0.193. The van der Waals surface area contributed by atoms with Gasteiger partial charge in [-0.25, -0.2) is 0 Å². The van der Waals surface area contributed by atoms with Gasteiger partial charge in [-0.1, -0.05) is 59.9 Å². The van der Waals surface area contributed by atoms with Crippen molar-refractivity contribution < 1.29 is 9.47 Å². The Morgan fingerprint density at radius 1 is 1.17 bits per heavy atom. The molecule has 0 unspecified atom stereocenters. The van der Waals surface area contributed by atoms with Crippen molar-refractivity contribution in [2.24, 2.45) is 0 Å². The van der Waals surface area contributed by atoms with Crippen molar-refractivity contribution in [2.75, 3.05) is 13.7 Å². The van der Waals surface area contributed by atoms with Crippen molar-refractivity contribution in [3.63, 3.8) is 0 Å². The number of fused-ring (bicyclic) bond motifs is 1. The molecule has 2 aromatic heterocycles. The number of nitrogens with zero attached hydrogens (tertiary/aromatic N) is 3. The number of aromatic nitrogens is 3.